The Kier molecular flexibility index (Phi) is 2.88. The van der Waals surface area contributed by atoms with Gasteiger partial charge >= 0.3 is 0 Å². The van der Waals surface area contributed by atoms with Crippen molar-refractivity contribution in [3.05, 3.63) is 12.4 Å². The highest BCUT2D eigenvalue weighted by atomic mass is 32.2. The van der Waals surface area contributed by atoms with Gasteiger partial charge in [-0.05, 0) is 11.8 Å². The summed E-state index contributed by atoms with van der Waals surface area (Å²) in [5.41, 5.74) is 7.94. The summed E-state index contributed by atoms with van der Waals surface area (Å²) in [5, 5.41) is 9.04. The number of hydrogen-bond donors (Lipinski definition) is 3. The quantitative estimate of drug-likeness (QED) is 0.376. The molecule has 0 fully saturated rings. The number of anilines is 2. The van der Waals surface area contributed by atoms with Crippen molar-refractivity contribution in [2.24, 2.45) is 12.9 Å². The van der Waals surface area contributed by atoms with Crippen LogP contribution in [-0.4, -0.2) is 24.7 Å². The molecule has 0 aliphatic carbocycles. The Morgan fingerprint density at radius 2 is 2.25 bits per heavy atom. The van der Waals surface area contributed by atoms with Crippen molar-refractivity contribution in [3.8, 4) is 0 Å². The third-order valence-electron chi connectivity index (χ3n) is 1.73. The third kappa shape index (κ3) is 2.20. The smallest absolute Gasteiger partial charge is 0.223 e. The first-order valence-electron chi connectivity index (χ1n) is 4.32. The molecular weight excluding hydrogens is 228 g/mol. The molecule has 2 rings (SSSR count). The fourth-order valence-corrected chi connectivity index (χ4v) is 1.80. The molecule has 84 valence electrons. The van der Waals surface area contributed by atoms with Gasteiger partial charge in [-0.2, -0.15) is 4.98 Å². The van der Waals surface area contributed by atoms with Crippen molar-refractivity contribution in [1.82, 2.24) is 24.7 Å². The molecule has 0 unspecified atom stereocenters. The van der Waals surface area contributed by atoms with Crippen molar-refractivity contribution in [2.75, 3.05) is 11.2 Å². The molecule has 2 aromatic heterocycles. The molecule has 2 aromatic rings. The minimum absolute atomic E-state index is 0.153. The van der Waals surface area contributed by atoms with Crippen LogP contribution in [0.1, 0.15) is 0 Å². The highest BCUT2D eigenvalue weighted by Crippen LogP contribution is 2.25. The first-order chi connectivity index (χ1) is 7.69. The van der Waals surface area contributed by atoms with E-state index < -0.39 is 0 Å². The monoisotopic (exact) mass is 238 g/mol. The van der Waals surface area contributed by atoms with Crippen LogP contribution in [0.2, 0.25) is 0 Å². The van der Waals surface area contributed by atoms with Gasteiger partial charge < -0.3 is 15.7 Å². The molecule has 0 atom stereocenters. The number of nitrogens with two attached hydrogens (primary N) is 2. The van der Waals surface area contributed by atoms with Crippen LogP contribution < -0.4 is 17.0 Å². The normalized spacial score (nSPS) is 10.4. The van der Waals surface area contributed by atoms with E-state index in [1.54, 1.807) is 17.0 Å². The average molecular weight is 238 g/mol. The second-order valence-electron chi connectivity index (χ2n) is 2.92. The Morgan fingerprint density at radius 1 is 1.44 bits per heavy atom. The van der Waals surface area contributed by atoms with E-state index >= 15 is 0 Å². The molecule has 0 aliphatic heterocycles. The summed E-state index contributed by atoms with van der Waals surface area (Å²) >= 11 is 1.33. The van der Waals surface area contributed by atoms with Gasteiger partial charge in [-0.3, -0.25) is 0 Å². The van der Waals surface area contributed by atoms with Gasteiger partial charge in [0.25, 0.3) is 0 Å². The van der Waals surface area contributed by atoms with Crippen LogP contribution in [0.3, 0.4) is 0 Å². The Morgan fingerprint density at radius 3 is 2.88 bits per heavy atom. The number of nitrogen functional groups attached to an aromatic ring is 2. The molecule has 8 nitrogen and oxygen atoms in total. The lowest BCUT2D eigenvalue weighted by atomic mass is 10.6. The summed E-state index contributed by atoms with van der Waals surface area (Å²) in [4.78, 5) is 7.93. The molecule has 0 amide bonds. The highest BCUT2D eigenvalue weighted by Gasteiger charge is 2.07. The van der Waals surface area contributed by atoms with Gasteiger partial charge in [0.05, 0.1) is 0 Å². The standard InChI is InChI=1S/C7H10N8S/c1-15-3-10-14-7(15)16-5-2-4(13-9)11-6(8)12-5/h2-3H,9H2,1H3,(H3,8,11,12,13). The lowest BCUT2D eigenvalue weighted by Crippen LogP contribution is -2.10. The lowest BCUT2D eigenvalue weighted by molar-refractivity contribution is 0.787. The predicted molar refractivity (Wildman–Crippen MR) is 59.4 cm³/mol. The van der Waals surface area contributed by atoms with Crippen LogP contribution in [-0.2, 0) is 7.05 Å². The fraction of sp³-hybridized carbons (Fsp3) is 0.143. The number of aromatic nitrogens is 5. The van der Waals surface area contributed by atoms with Gasteiger partial charge in [0, 0.05) is 13.1 Å². The van der Waals surface area contributed by atoms with Crippen molar-refractivity contribution < 1.29 is 0 Å². The molecule has 0 saturated heterocycles. The summed E-state index contributed by atoms with van der Waals surface area (Å²) in [6.45, 7) is 0. The van der Waals surface area contributed by atoms with Crippen LogP contribution in [0, 0.1) is 0 Å². The Balaban J connectivity index is 2.28. The minimum atomic E-state index is 0.153. The summed E-state index contributed by atoms with van der Waals surface area (Å²) in [6.07, 6.45) is 1.61. The number of nitrogens with zero attached hydrogens (tertiary/aromatic N) is 5. The Hall–Kier alpha value is -1.87. The van der Waals surface area contributed by atoms with E-state index in [9.17, 15) is 0 Å². The minimum Gasteiger partial charge on any atom is -0.368 e. The van der Waals surface area contributed by atoms with Crippen LogP contribution in [0.15, 0.2) is 22.6 Å². The zero-order valence-electron chi connectivity index (χ0n) is 8.45. The summed E-state index contributed by atoms with van der Waals surface area (Å²) in [5.74, 6) is 5.86. The third-order valence-corrected chi connectivity index (χ3v) is 2.70. The van der Waals surface area contributed by atoms with E-state index in [4.69, 9.17) is 11.6 Å². The highest BCUT2D eigenvalue weighted by molar-refractivity contribution is 7.99. The van der Waals surface area contributed by atoms with E-state index in [1.165, 1.54) is 11.8 Å². The largest absolute Gasteiger partial charge is 0.368 e. The second-order valence-corrected chi connectivity index (χ2v) is 3.91. The van der Waals surface area contributed by atoms with E-state index in [0.717, 1.165) is 0 Å². The molecule has 0 saturated carbocycles. The molecule has 5 N–H and O–H groups in total. The van der Waals surface area contributed by atoms with Gasteiger partial charge in [-0.25, -0.2) is 10.8 Å². The number of nitrogens with one attached hydrogen (secondary N) is 1. The summed E-state index contributed by atoms with van der Waals surface area (Å²) in [6, 6.07) is 1.68. The van der Waals surface area contributed by atoms with E-state index in [1.807, 2.05) is 7.05 Å². The summed E-state index contributed by atoms with van der Waals surface area (Å²) in [7, 11) is 1.84. The SMILES string of the molecule is Cn1cnnc1Sc1cc(NN)nc(N)n1. The lowest BCUT2D eigenvalue weighted by Gasteiger charge is -2.03. The maximum Gasteiger partial charge on any atom is 0.223 e. The van der Waals surface area contributed by atoms with Gasteiger partial charge in [-0.15, -0.1) is 10.2 Å². The number of rotatable bonds is 3. The molecule has 16 heavy (non-hydrogen) atoms. The van der Waals surface area contributed by atoms with Crippen LogP contribution in [0.25, 0.3) is 0 Å². The van der Waals surface area contributed by atoms with Crippen LogP contribution in [0.5, 0.6) is 0 Å². The van der Waals surface area contributed by atoms with Gasteiger partial charge in [0.1, 0.15) is 17.2 Å². The van der Waals surface area contributed by atoms with Crippen molar-refractivity contribution >= 4 is 23.5 Å². The van der Waals surface area contributed by atoms with E-state index in [2.05, 4.69) is 25.6 Å². The second kappa shape index (κ2) is 4.33. The number of aryl methyl sites for hydroxylation is 1. The van der Waals surface area contributed by atoms with Gasteiger partial charge in [-0.1, -0.05) is 0 Å². The van der Waals surface area contributed by atoms with Crippen LogP contribution in [0.4, 0.5) is 11.8 Å². The molecule has 0 bridgehead atoms. The number of hydrazine groups is 1. The molecule has 9 heteroatoms. The molecule has 0 spiro atoms. The van der Waals surface area contributed by atoms with Crippen molar-refractivity contribution in [2.45, 2.75) is 10.2 Å². The Bertz CT molecular complexity index is 495. The number of hydrogen-bond acceptors (Lipinski definition) is 8. The molecule has 2 heterocycles. The fourth-order valence-electron chi connectivity index (χ4n) is 1.03. The molecular formula is C7H10N8S. The first-order valence-corrected chi connectivity index (χ1v) is 5.13. The van der Waals surface area contributed by atoms with E-state index in [0.29, 0.717) is 16.0 Å². The van der Waals surface area contributed by atoms with Gasteiger partial charge in [0.15, 0.2) is 5.16 Å². The predicted octanol–water partition coefficient (Wildman–Crippen LogP) is -0.376. The Labute approximate surface area is 95.4 Å². The van der Waals surface area contributed by atoms with Crippen molar-refractivity contribution in [3.63, 3.8) is 0 Å². The topological polar surface area (TPSA) is 121 Å². The van der Waals surface area contributed by atoms with Gasteiger partial charge in [0.2, 0.25) is 5.95 Å². The maximum atomic E-state index is 5.53. The maximum absolute atomic E-state index is 5.53. The zero-order chi connectivity index (χ0) is 11.5. The molecule has 0 aliphatic rings. The molecule has 0 radical (unpaired) electrons. The zero-order valence-corrected chi connectivity index (χ0v) is 9.27. The first kappa shape index (κ1) is 10.6. The molecule has 0 aromatic carbocycles. The summed E-state index contributed by atoms with van der Waals surface area (Å²) < 4.78 is 1.78. The average Bonchev–Trinajstić information content (AvgIpc) is 2.63. The van der Waals surface area contributed by atoms with E-state index in [-0.39, 0.29) is 5.95 Å². The van der Waals surface area contributed by atoms with Crippen LogP contribution >= 0.6 is 11.8 Å². The van der Waals surface area contributed by atoms with Crippen molar-refractivity contribution in [1.29, 1.82) is 0 Å².